The van der Waals surface area contributed by atoms with Crippen molar-refractivity contribution in [2.24, 2.45) is 28.1 Å². The summed E-state index contributed by atoms with van der Waals surface area (Å²) in [7, 11) is 0. The van der Waals surface area contributed by atoms with Crippen LogP contribution in [0.5, 0.6) is 0 Å². The third-order valence-electron chi connectivity index (χ3n) is 17.0. The van der Waals surface area contributed by atoms with Gasteiger partial charge in [-0.1, -0.05) is 19.9 Å². The fraction of sp³-hybridized carbons (Fsp3) is 0.932. The molecule has 8 rings (SSSR count). The van der Waals surface area contributed by atoms with E-state index in [9.17, 15) is 71.2 Å². The van der Waals surface area contributed by atoms with Gasteiger partial charge in [0.05, 0.1) is 36.9 Å². The third-order valence-corrected chi connectivity index (χ3v) is 17.0. The van der Waals surface area contributed by atoms with Crippen LogP contribution in [-0.2, 0) is 42.7 Å². The average Bonchev–Trinajstić information content (AvgIpc) is 3.48. The van der Waals surface area contributed by atoms with E-state index in [4.69, 9.17) is 37.9 Å². The van der Waals surface area contributed by atoms with Gasteiger partial charge in [-0.15, -0.1) is 0 Å². The summed E-state index contributed by atoms with van der Waals surface area (Å²) in [6.45, 7) is 7.77. The van der Waals surface area contributed by atoms with Crippen LogP contribution >= 0.6 is 0 Å². The Morgan fingerprint density at radius 1 is 0.606 bits per heavy atom. The number of carbonyl (C=O) groups is 1. The molecule has 4 aliphatic heterocycles. The zero-order chi connectivity index (χ0) is 48.0. The summed E-state index contributed by atoms with van der Waals surface area (Å²) >= 11 is 0. The van der Waals surface area contributed by atoms with Crippen molar-refractivity contribution < 1.29 is 109 Å². The van der Waals surface area contributed by atoms with Crippen molar-refractivity contribution in [3.8, 4) is 0 Å². The maximum Gasteiger partial charge on any atom is 0.314 e. The fourth-order valence-corrected chi connectivity index (χ4v) is 13.4. The van der Waals surface area contributed by atoms with Gasteiger partial charge in [0, 0.05) is 0 Å². The molecule has 1 spiro atoms. The van der Waals surface area contributed by atoms with Gasteiger partial charge in [0.15, 0.2) is 18.9 Å². The Morgan fingerprint density at radius 3 is 1.74 bits per heavy atom. The zero-order valence-electron chi connectivity index (χ0n) is 37.4. The SMILES string of the molecule is C=C1C[C@@]23CC[C@H]4[C@@](C)(CCC[C@@]4(C)C(=O)O[C@@H]4O[C@H](CO)[C@@H](O)[C@H](O)[C@H]4O)[C@@H]2CC[C@]1(O[C@@H]1O[C@H](CO)[C@@H](O)[C@H](O[C@@H]2O[C@H](CO)[C@@H](O)[C@H](O)[C@H]2O)[C@H]1O[C@H]1O[C@H](C)[C@@H](O)[C@H](O)[C@@H]1O)C3. The molecule has 0 amide bonds. The molecule has 22 nitrogen and oxygen atoms in total. The lowest BCUT2D eigenvalue weighted by Gasteiger charge is -2.64. The molecule has 0 unspecified atom stereocenters. The Kier molecular flexibility index (Phi) is 14.5. The van der Waals surface area contributed by atoms with E-state index < -0.39 is 165 Å². The lowest BCUT2D eigenvalue weighted by atomic mass is 9.41. The molecule has 0 aromatic carbocycles. The molecular formula is C44H70O22. The number of fused-ring (bicyclic) bond motifs is 3. The summed E-state index contributed by atoms with van der Waals surface area (Å²) in [4.78, 5) is 14.3. The molecule has 4 saturated heterocycles. The highest BCUT2D eigenvalue weighted by molar-refractivity contribution is 5.77. The highest BCUT2D eigenvalue weighted by Crippen LogP contribution is 2.73. The second-order valence-corrected chi connectivity index (χ2v) is 20.8. The molecule has 0 radical (unpaired) electrons. The van der Waals surface area contributed by atoms with Gasteiger partial charge in [-0.2, -0.15) is 0 Å². The van der Waals surface area contributed by atoms with Gasteiger partial charge < -0.3 is 104 Å². The molecule has 4 saturated carbocycles. The number of aliphatic hydroxyl groups excluding tert-OH is 13. The van der Waals surface area contributed by atoms with Crippen molar-refractivity contribution in [2.45, 2.75) is 207 Å². The van der Waals surface area contributed by atoms with Crippen LogP contribution in [0.2, 0.25) is 0 Å². The number of ether oxygens (including phenoxy) is 8. The van der Waals surface area contributed by atoms with Gasteiger partial charge >= 0.3 is 5.97 Å². The van der Waals surface area contributed by atoms with E-state index >= 15 is 0 Å². The molecule has 13 N–H and O–H groups in total. The Morgan fingerprint density at radius 2 is 1.12 bits per heavy atom. The molecule has 0 aromatic heterocycles. The summed E-state index contributed by atoms with van der Waals surface area (Å²) in [5.74, 6) is -0.750. The zero-order valence-corrected chi connectivity index (χ0v) is 37.4. The minimum atomic E-state index is -1.92. The normalized spacial score (nSPS) is 55.2. The van der Waals surface area contributed by atoms with E-state index in [1.165, 1.54) is 6.92 Å². The number of hydrogen-bond acceptors (Lipinski definition) is 22. The fourth-order valence-electron chi connectivity index (χ4n) is 13.4. The summed E-state index contributed by atoms with van der Waals surface area (Å²) in [6.07, 6.45) is -27.4. The Bertz CT molecular complexity index is 1740. The van der Waals surface area contributed by atoms with Crippen LogP contribution in [0, 0.1) is 28.1 Å². The van der Waals surface area contributed by atoms with E-state index in [0.717, 1.165) is 12.0 Å². The van der Waals surface area contributed by atoms with Crippen LogP contribution in [0.3, 0.4) is 0 Å². The molecule has 0 aromatic rings. The van der Waals surface area contributed by atoms with E-state index in [-0.39, 0.29) is 17.3 Å². The van der Waals surface area contributed by atoms with Crippen LogP contribution in [0.4, 0.5) is 0 Å². The van der Waals surface area contributed by atoms with Crippen LogP contribution in [0.25, 0.3) is 0 Å². The minimum absolute atomic E-state index is 0.0493. The minimum Gasteiger partial charge on any atom is -0.432 e. The predicted molar refractivity (Wildman–Crippen MR) is 218 cm³/mol. The third kappa shape index (κ3) is 8.30. The maximum absolute atomic E-state index is 14.3. The highest BCUT2D eigenvalue weighted by atomic mass is 16.8. The molecule has 26 atom stereocenters. The lowest BCUT2D eigenvalue weighted by molar-refractivity contribution is -0.398. The van der Waals surface area contributed by atoms with Crippen molar-refractivity contribution in [1.82, 2.24) is 0 Å². The first kappa shape index (κ1) is 50.8. The Labute approximate surface area is 381 Å². The lowest BCUT2D eigenvalue weighted by Crippen LogP contribution is -2.67. The van der Waals surface area contributed by atoms with Gasteiger partial charge in [-0.05, 0) is 93.5 Å². The van der Waals surface area contributed by atoms with Crippen molar-refractivity contribution in [3.05, 3.63) is 12.2 Å². The smallest absolute Gasteiger partial charge is 0.314 e. The van der Waals surface area contributed by atoms with E-state index in [2.05, 4.69) is 13.5 Å². The second-order valence-electron chi connectivity index (χ2n) is 20.8. The Hall–Kier alpha value is -1.59. The van der Waals surface area contributed by atoms with Gasteiger partial charge in [-0.25, -0.2) is 0 Å². The van der Waals surface area contributed by atoms with E-state index in [1.807, 2.05) is 6.92 Å². The monoisotopic (exact) mass is 950 g/mol. The van der Waals surface area contributed by atoms with Crippen molar-refractivity contribution in [2.75, 3.05) is 19.8 Å². The summed E-state index contributed by atoms with van der Waals surface area (Å²) in [6, 6.07) is 0. The van der Waals surface area contributed by atoms with Crippen molar-refractivity contribution in [1.29, 1.82) is 0 Å². The van der Waals surface area contributed by atoms with Crippen LogP contribution in [0.15, 0.2) is 12.2 Å². The first-order valence-electron chi connectivity index (χ1n) is 23.2. The molecule has 4 heterocycles. The summed E-state index contributed by atoms with van der Waals surface area (Å²) < 4.78 is 48.4. The Balaban J connectivity index is 1.06. The number of carbonyl (C=O) groups excluding carboxylic acids is 1. The van der Waals surface area contributed by atoms with Crippen molar-refractivity contribution >= 4 is 5.97 Å². The molecule has 2 bridgehead atoms. The summed E-state index contributed by atoms with van der Waals surface area (Å²) in [5.41, 5.74) is -2.19. The highest BCUT2D eigenvalue weighted by Gasteiger charge is 2.70. The van der Waals surface area contributed by atoms with Crippen LogP contribution < -0.4 is 0 Å². The van der Waals surface area contributed by atoms with Crippen LogP contribution in [-0.4, -0.2) is 221 Å². The first-order chi connectivity index (χ1) is 31.1. The number of aliphatic hydroxyl groups is 13. The number of esters is 1. The average molecular weight is 951 g/mol. The van der Waals surface area contributed by atoms with Gasteiger partial charge in [-0.3, -0.25) is 4.79 Å². The van der Waals surface area contributed by atoms with E-state index in [0.29, 0.717) is 51.4 Å². The number of rotatable bonds is 11. The molecule has 8 fully saturated rings. The van der Waals surface area contributed by atoms with Crippen molar-refractivity contribution in [3.63, 3.8) is 0 Å². The molecule has 66 heavy (non-hydrogen) atoms. The predicted octanol–water partition coefficient (Wildman–Crippen LogP) is -4.09. The number of hydrogen-bond donors (Lipinski definition) is 13. The quantitative estimate of drug-likeness (QED) is 0.0532. The molecule has 8 aliphatic rings. The standard InChI is InChI=1S/C44H70O22/c1-17-12-43-10-6-22-41(3,8-5-9-42(22,4)40(58)65-38-33(57)30(54)26(50)20(14-46)61-38)23(43)7-11-44(17,16-43)66-39-35(64-36-31(55)28(52)24(48)18(2)59-36)34(27(51)21(15-47)62-39)63-37-32(56)29(53)25(49)19(13-45)60-37/h18-39,45-57H,1,5-16H2,2-4H3/t18-,19-,20-,21-,22+,23+,24-,25-,26-,27-,28+,29+,30+,31+,32-,33-,34+,35-,36-,37+,38+,39+,41-,42-,43-,44+/m1/s1. The molecule has 378 valence electrons. The first-order valence-corrected chi connectivity index (χ1v) is 23.2. The topological polar surface area (TPSA) is 354 Å². The van der Waals surface area contributed by atoms with Gasteiger partial charge in [0.2, 0.25) is 6.29 Å². The van der Waals surface area contributed by atoms with E-state index in [1.54, 1.807) is 0 Å². The largest absolute Gasteiger partial charge is 0.432 e. The second kappa shape index (κ2) is 18.9. The molecule has 22 heteroatoms. The molecular weight excluding hydrogens is 880 g/mol. The summed E-state index contributed by atoms with van der Waals surface area (Å²) in [5, 5.41) is 137. The van der Waals surface area contributed by atoms with Gasteiger partial charge in [0.1, 0.15) is 91.6 Å². The van der Waals surface area contributed by atoms with Gasteiger partial charge in [0.25, 0.3) is 0 Å². The molecule has 4 aliphatic carbocycles. The maximum atomic E-state index is 14.3. The van der Waals surface area contributed by atoms with Crippen LogP contribution in [0.1, 0.15) is 78.6 Å².